The second-order valence-electron chi connectivity index (χ2n) is 6.44. The highest BCUT2D eigenvalue weighted by Gasteiger charge is 2.08. The van der Waals surface area contributed by atoms with Crippen LogP contribution < -0.4 is 10.9 Å². The van der Waals surface area contributed by atoms with Gasteiger partial charge in [-0.1, -0.05) is 35.8 Å². The summed E-state index contributed by atoms with van der Waals surface area (Å²) in [6, 6.07) is 15.2. The molecule has 0 saturated heterocycles. The third-order valence-electron chi connectivity index (χ3n) is 4.37. The Balaban J connectivity index is 1.28. The fourth-order valence-electron chi connectivity index (χ4n) is 2.97. The SMILES string of the molecule is O=C(CCCn1sc2ccccc2c1=O)Nc1ccc(Cn2cncn2)cc1. The molecule has 28 heavy (non-hydrogen) atoms. The maximum Gasteiger partial charge on any atom is 0.268 e. The molecule has 0 radical (unpaired) electrons. The fraction of sp³-hybridized carbons (Fsp3) is 0.200. The van der Waals surface area contributed by atoms with E-state index in [9.17, 15) is 9.59 Å². The van der Waals surface area contributed by atoms with Crippen LogP contribution in [0.5, 0.6) is 0 Å². The Kier molecular flexibility index (Phi) is 5.29. The Morgan fingerprint density at radius 1 is 1.11 bits per heavy atom. The predicted octanol–water partition coefficient (Wildman–Crippen LogP) is 3.12. The number of hydrogen-bond donors (Lipinski definition) is 1. The van der Waals surface area contributed by atoms with Crippen molar-refractivity contribution in [2.75, 3.05) is 5.32 Å². The highest BCUT2D eigenvalue weighted by molar-refractivity contribution is 7.13. The zero-order valence-electron chi connectivity index (χ0n) is 15.1. The lowest BCUT2D eigenvalue weighted by atomic mass is 10.2. The third kappa shape index (κ3) is 4.17. The van der Waals surface area contributed by atoms with Crippen LogP contribution in [0.2, 0.25) is 0 Å². The van der Waals surface area contributed by atoms with Crippen LogP contribution in [-0.4, -0.2) is 24.6 Å². The van der Waals surface area contributed by atoms with Crippen LogP contribution >= 0.6 is 11.5 Å². The molecule has 7 nitrogen and oxygen atoms in total. The Bertz CT molecular complexity index is 1130. The average molecular weight is 393 g/mol. The first-order valence-corrected chi connectivity index (χ1v) is 9.76. The first-order chi connectivity index (χ1) is 13.7. The first-order valence-electron chi connectivity index (χ1n) is 8.99. The molecular weight excluding hydrogens is 374 g/mol. The molecule has 1 amide bonds. The maximum atomic E-state index is 12.3. The molecule has 0 unspecified atom stereocenters. The largest absolute Gasteiger partial charge is 0.326 e. The van der Waals surface area contributed by atoms with Crippen molar-refractivity contribution in [3.05, 3.63) is 77.1 Å². The van der Waals surface area contributed by atoms with Crippen molar-refractivity contribution in [3.8, 4) is 0 Å². The maximum absolute atomic E-state index is 12.3. The van der Waals surface area contributed by atoms with E-state index in [1.807, 2.05) is 48.5 Å². The van der Waals surface area contributed by atoms with E-state index >= 15 is 0 Å². The number of fused-ring (bicyclic) bond motifs is 1. The molecule has 1 N–H and O–H groups in total. The quantitative estimate of drug-likeness (QED) is 0.523. The summed E-state index contributed by atoms with van der Waals surface area (Å²) >= 11 is 1.44. The number of hydrogen-bond acceptors (Lipinski definition) is 5. The zero-order valence-corrected chi connectivity index (χ0v) is 15.9. The van der Waals surface area contributed by atoms with Crippen molar-refractivity contribution >= 4 is 33.2 Å². The summed E-state index contributed by atoms with van der Waals surface area (Å²) in [5.74, 6) is -0.0572. The van der Waals surface area contributed by atoms with E-state index in [0.717, 1.165) is 21.3 Å². The minimum atomic E-state index is -0.0572. The van der Waals surface area contributed by atoms with Crippen LogP contribution in [0.15, 0.2) is 66.0 Å². The number of carbonyl (C=O) groups excluding carboxylic acids is 1. The smallest absolute Gasteiger partial charge is 0.268 e. The van der Waals surface area contributed by atoms with Gasteiger partial charge in [-0.15, -0.1) is 0 Å². The van der Waals surface area contributed by atoms with E-state index in [1.165, 1.54) is 17.9 Å². The molecule has 0 fully saturated rings. The Morgan fingerprint density at radius 3 is 2.68 bits per heavy atom. The van der Waals surface area contributed by atoms with E-state index < -0.39 is 0 Å². The molecule has 4 aromatic rings. The van der Waals surface area contributed by atoms with Gasteiger partial charge >= 0.3 is 0 Å². The second kappa shape index (κ2) is 8.18. The van der Waals surface area contributed by atoms with Gasteiger partial charge in [0.15, 0.2) is 0 Å². The summed E-state index contributed by atoms with van der Waals surface area (Å²) in [4.78, 5) is 28.4. The molecule has 0 spiro atoms. The van der Waals surface area contributed by atoms with Gasteiger partial charge in [0.25, 0.3) is 5.56 Å². The van der Waals surface area contributed by atoms with Crippen molar-refractivity contribution in [3.63, 3.8) is 0 Å². The number of amides is 1. The topological polar surface area (TPSA) is 81.8 Å². The van der Waals surface area contributed by atoms with Gasteiger partial charge in [-0.05, 0) is 36.2 Å². The highest BCUT2D eigenvalue weighted by atomic mass is 32.1. The summed E-state index contributed by atoms with van der Waals surface area (Å²) in [5.41, 5.74) is 1.85. The van der Waals surface area contributed by atoms with Gasteiger partial charge in [-0.2, -0.15) is 5.10 Å². The molecule has 0 bridgehead atoms. The molecule has 0 saturated carbocycles. The first kappa shape index (κ1) is 18.1. The molecular formula is C20H19N5O2S. The van der Waals surface area contributed by atoms with Gasteiger partial charge in [0.05, 0.1) is 16.6 Å². The lowest BCUT2D eigenvalue weighted by molar-refractivity contribution is -0.116. The van der Waals surface area contributed by atoms with Crippen molar-refractivity contribution < 1.29 is 4.79 Å². The van der Waals surface area contributed by atoms with Crippen LogP contribution in [0, 0.1) is 0 Å². The van der Waals surface area contributed by atoms with Gasteiger partial charge in [0.2, 0.25) is 5.91 Å². The number of aryl methyl sites for hydroxylation is 1. The van der Waals surface area contributed by atoms with E-state index in [-0.39, 0.29) is 11.5 Å². The second-order valence-corrected chi connectivity index (χ2v) is 7.50. The number of anilines is 1. The number of benzene rings is 2. The zero-order chi connectivity index (χ0) is 19.3. The molecule has 2 heterocycles. The van der Waals surface area contributed by atoms with Crippen molar-refractivity contribution in [2.24, 2.45) is 0 Å². The molecule has 0 aliphatic carbocycles. The Labute approximate surface area is 165 Å². The summed E-state index contributed by atoms with van der Waals surface area (Å²) in [6.07, 6.45) is 4.14. The molecule has 2 aromatic carbocycles. The Morgan fingerprint density at radius 2 is 1.93 bits per heavy atom. The van der Waals surface area contributed by atoms with Crippen LogP contribution in [-0.2, 0) is 17.9 Å². The summed E-state index contributed by atoms with van der Waals surface area (Å²) in [5, 5.41) is 7.71. The van der Waals surface area contributed by atoms with E-state index in [4.69, 9.17) is 0 Å². The van der Waals surface area contributed by atoms with Crippen molar-refractivity contribution in [1.82, 2.24) is 18.7 Å². The molecule has 8 heteroatoms. The summed E-state index contributed by atoms with van der Waals surface area (Å²) in [7, 11) is 0. The van der Waals surface area contributed by atoms with Crippen LogP contribution in [0.4, 0.5) is 5.69 Å². The minimum absolute atomic E-state index is 0.0176. The number of rotatable bonds is 7. The van der Waals surface area contributed by atoms with E-state index in [0.29, 0.717) is 25.9 Å². The van der Waals surface area contributed by atoms with Crippen LogP contribution in [0.1, 0.15) is 18.4 Å². The van der Waals surface area contributed by atoms with Crippen LogP contribution in [0.25, 0.3) is 10.1 Å². The molecule has 0 atom stereocenters. The number of nitrogens with one attached hydrogen (secondary N) is 1. The minimum Gasteiger partial charge on any atom is -0.326 e. The Hall–Kier alpha value is -3.26. The summed E-state index contributed by atoms with van der Waals surface area (Å²) < 4.78 is 4.43. The lowest BCUT2D eigenvalue weighted by Gasteiger charge is -2.07. The van der Waals surface area contributed by atoms with Gasteiger partial charge in [0.1, 0.15) is 12.7 Å². The number of nitrogens with zero attached hydrogens (tertiary/aromatic N) is 4. The normalized spacial score (nSPS) is 11.0. The molecule has 4 rings (SSSR count). The predicted molar refractivity (Wildman–Crippen MR) is 110 cm³/mol. The average Bonchev–Trinajstić information content (AvgIpc) is 3.32. The summed E-state index contributed by atoms with van der Waals surface area (Å²) in [6.45, 7) is 1.18. The third-order valence-corrected chi connectivity index (χ3v) is 5.49. The lowest BCUT2D eigenvalue weighted by Crippen LogP contribution is -2.16. The van der Waals surface area contributed by atoms with Gasteiger partial charge < -0.3 is 5.32 Å². The number of aromatic nitrogens is 4. The molecule has 2 aromatic heterocycles. The van der Waals surface area contributed by atoms with Crippen molar-refractivity contribution in [2.45, 2.75) is 25.9 Å². The highest BCUT2D eigenvalue weighted by Crippen LogP contribution is 2.16. The van der Waals surface area contributed by atoms with Crippen molar-refractivity contribution in [1.29, 1.82) is 0 Å². The van der Waals surface area contributed by atoms with E-state index in [2.05, 4.69) is 15.4 Å². The van der Waals surface area contributed by atoms with Crippen LogP contribution in [0.3, 0.4) is 0 Å². The number of carbonyl (C=O) groups is 1. The van der Waals surface area contributed by atoms with Gasteiger partial charge in [-0.3, -0.25) is 13.5 Å². The molecule has 142 valence electrons. The monoisotopic (exact) mass is 393 g/mol. The standard InChI is InChI=1S/C20H19N5O2S/c26-19(6-3-11-25-20(27)17-4-1-2-5-18(17)28-25)23-16-9-7-15(8-10-16)12-24-14-21-13-22-24/h1-2,4-5,7-10,13-14H,3,6,11-12H2,(H,23,26). The fourth-order valence-corrected chi connectivity index (χ4v) is 4.00. The molecule has 0 aliphatic heterocycles. The van der Waals surface area contributed by atoms with Gasteiger partial charge in [-0.25, -0.2) is 9.67 Å². The molecule has 0 aliphatic rings. The van der Waals surface area contributed by atoms with Gasteiger partial charge in [0, 0.05) is 18.7 Å². The van der Waals surface area contributed by atoms with E-state index in [1.54, 1.807) is 15.0 Å².